The lowest BCUT2D eigenvalue weighted by molar-refractivity contribution is -0.137. The number of carboxylic acid groups (broad SMARTS) is 1. The van der Waals surface area contributed by atoms with Crippen molar-refractivity contribution in [1.82, 2.24) is 9.47 Å². The van der Waals surface area contributed by atoms with E-state index in [4.69, 9.17) is 9.73 Å². The molecule has 2 aliphatic rings. The minimum absolute atomic E-state index is 0.00681. The molecular weight excluding hydrogens is 438 g/mol. The van der Waals surface area contributed by atoms with Gasteiger partial charge in [0.1, 0.15) is 6.54 Å². The molecule has 0 aliphatic carbocycles. The van der Waals surface area contributed by atoms with Crippen molar-refractivity contribution < 1.29 is 19.4 Å². The highest BCUT2D eigenvalue weighted by molar-refractivity contribution is 8.18. The summed E-state index contributed by atoms with van der Waals surface area (Å²) < 4.78 is 7.47. The van der Waals surface area contributed by atoms with Gasteiger partial charge < -0.3 is 14.4 Å². The van der Waals surface area contributed by atoms with E-state index < -0.39 is 5.97 Å². The molecule has 1 N–H and O–H groups in total. The quantitative estimate of drug-likeness (QED) is 0.546. The van der Waals surface area contributed by atoms with Crippen molar-refractivity contribution in [3.63, 3.8) is 0 Å². The van der Waals surface area contributed by atoms with Crippen LogP contribution in [-0.2, 0) is 20.9 Å². The SMILES string of the molecule is O=C(O)Cn1cc(/C=C2/SC(=Nc3ccccc3)N(CC3CCCO3)C2=O)c2ccccc21. The standard InChI is InChI=1S/C25H23N3O4S/c29-23(30)16-27-14-17(20-10-4-5-11-21(20)27)13-22-24(31)28(15-19-9-6-12-32-19)25(33-22)26-18-7-2-1-3-8-18/h1-5,7-8,10-11,13-14,19H,6,9,12,15-16H2,(H,29,30)/b22-13+,26-25?. The first-order valence-electron chi connectivity index (χ1n) is 10.8. The Labute approximate surface area is 195 Å². The number of ether oxygens (including phenoxy) is 1. The van der Waals surface area contributed by atoms with Gasteiger partial charge in [-0.2, -0.15) is 0 Å². The molecule has 2 fully saturated rings. The Kier molecular flexibility index (Phi) is 6.02. The van der Waals surface area contributed by atoms with E-state index in [9.17, 15) is 14.7 Å². The zero-order valence-electron chi connectivity index (χ0n) is 17.9. The number of amides is 1. The third-order valence-corrected chi connectivity index (χ3v) is 6.70. The van der Waals surface area contributed by atoms with Gasteiger partial charge in [0.2, 0.25) is 0 Å². The fraction of sp³-hybridized carbons (Fsp3) is 0.240. The zero-order chi connectivity index (χ0) is 22.8. The van der Waals surface area contributed by atoms with Gasteiger partial charge in [0.05, 0.1) is 23.2 Å². The van der Waals surface area contributed by atoms with Crippen molar-refractivity contribution in [2.45, 2.75) is 25.5 Å². The van der Waals surface area contributed by atoms with Crippen molar-refractivity contribution in [2.24, 2.45) is 4.99 Å². The number of amidine groups is 1. The number of aromatic nitrogens is 1. The van der Waals surface area contributed by atoms with Crippen molar-refractivity contribution >= 4 is 51.5 Å². The summed E-state index contributed by atoms with van der Waals surface area (Å²) >= 11 is 1.34. The summed E-state index contributed by atoms with van der Waals surface area (Å²) in [7, 11) is 0. The van der Waals surface area contributed by atoms with Crippen LogP contribution in [0.5, 0.6) is 0 Å². The highest BCUT2D eigenvalue weighted by Gasteiger charge is 2.36. The number of hydrogen-bond acceptors (Lipinski definition) is 5. The summed E-state index contributed by atoms with van der Waals surface area (Å²) in [5, 5.41) is 10.8. The number of carbonyl (C=O) groups is 2. The van der Waals surface area contributed by atoms with Crippen LogP contribution in [0.1, 0.15) is 18.4 Å². The minimum Gasteiger partial charge on any atom is -0.480 e. The summed E-state index contributed by atoms with van der Waals surface area (Å²) in [6, 6.07) is 17.2. The van der Waals surface area contributed by atoms with E-state index in [0.29, 0.717) is 16.6 Å². The smallest absolute Gasteiger partial charge is 0.323 e. The van der Waals surface area contributed by atoms with E-state index in [1.54, 1.807) is 15.7 Å². The Balaban J connectivity index is 1.52. The van der Waals surface area contributed by atoms with Crippen LogP contribution < -0.4 is 0 Å². The van der Waals surface area contributed by atoms with Gasteiger partial charge in [0.15, 0.2) is 5.17 Å². The summed E-state index contributed by atoms with van der Waals surface area (Å²) in [5.41, 5.74) is 2.40. The van der Waals surface area contributed by atoms with E-state index in [-0.39, 0.29) is 18.6 Å². The molecule has 5 rings (SSSR count). The number of benzene rings is 2. The third-order valence-electron chi connectivity index (χ3n) is 5.69. The van der Waals surface area contributed by atoms with Gasteiger partial charge in [0, 0.05) is 29.3 Å². The molecule has 0 bridgehead atoms. The molecule has 1 atom stereocenters. The van der Waals surface area contributed by atoms with E-state index in [1.807, 2.05) is 60.7 Å². The molecule has 1 amide bonds. The number of nitrogens with zero attached hydrogens (tertiary/aromatic N) is 3. The molecule has 0 saturated carbocycles. The topological polar surface area (TPSA) is 84.1 Å². The number of rotatable bonds is 6. The summed E-state index contributed by atoms with van der Waals surface area (Å²) in [4.78, 5) is 31.7. The Hall–Kier alpha value is -3.36. The monoisotopic (exact) mass is 461 g/mol. The van der Waals surface area contributed by atoms with Gasteiger partial charge in [-0.3, -0.25) is 14.5 Å². The molecule has 168 valence electrons. The van der Waals surface area contributed by atoms with Gasteiger partial charge >= 0.3 is 5.97 Å². The molecular formula is C25H23N3O4S. The highest BCUT2D eigenvalue weighted by atomic mass is 32.2. The first kappa shape index (κ1) is 21.5. The second-order valence-electron chi connectivity index (χ2n) is 8.01. The summed E-state index contributed by atoms with van der Waals surface area (Å²) in [6.07, 6.45) is 5.55. The molecule has 33 heavy (non-hydrogen) atoms. The molecule has 3 heterocycles. The molecule has 0 spiro atoms. The van der Waals surface area contributed by atoms with Crippen molar-refractivity contribution in [1.29, 1.82) is 0 Å². The van der Waals surface area contributed by atoms with Gasteiger partial charge in [-0.25, -0.2) is 4.99 Å². The van der Waals surface area contributed by atoms with Crippen molar-refractivity contribution in [3.8, 4) is 0 Å². The van der Waals surface area contributed by atoms with E-state index in [0.717, 1.165) is 41.6 Å². The van der Waals surface area contributed by atoms with Crippen LogP contribution >= 0.6 is 11.8 Å². The fourth-order valence-electron chi connectivity index (χ4n) is 4.17. The van der Waals surface area contributed by atoms with Crippen LogP contribution in [0, 0.1) is 0 Å². The lowest BCUT2D eigenvalue weighted by atomic mass is 10.1. The highest BCUT2D eigenvalue weighted by Crippen LogP contribution is 2.36. The summed E-state index contributed by atoms with van der Waals surface area (Å²) in [5.74, 6) is -1.03. The Morgan fingerprint density at radius 2 is 1.97 bits per heavy atom. The van der Waals surface area contributed by atoms with E-state index >= 15 is 0 Å². The van der Waals surface area contributed by atoms with E-state index in [1.165, 1.54) is 11.8 Å². The van der Waals surface area contributed by atoms with Crippen LogP contribution in [0.4, 0.5) is 5.69 Å². The van der Waals surface area contributed by atoms with Crippen molar-refractivity contribution in [3.05, 3.63) is 71.3 Å². The molecule has 2 aromatic carbocycles. The lowest BCUT2D eigenvalue weighted by Gasteiger charge is -2.19. The number of aliphatic carboxylic acids is 1. The molecule has 0 radical (unpaired) electrons. The number of carboxylic acids is 1. The average molecular weight is 462 g/mol. The van der Waals surface area contributed by atoms with Crippen LogP contribution in [-0.4, -0.2) is 50.9 Å². The van der Waals surface area contributed by atoms with Gasteiger partial charge in [-0.05, 0) is 48.9 Å². The lowest BCUT2D eigenvalue weighted by Crippen LogP contribution is -2.36. The number of para-hydroxylation sites is 2. The Morgan fingerprint density at radius 1 is 1.18 bits per heavy atom. The fourth-order valence-corrected chi connectivity index (χ4v) is 5.16. The van der Waals surface area contributed by atoms with Gasteiger partial charge in [-0.15, -0.1) is 0 Å². The second-order valence-corrected chi connectivity index (χ2v) is 9.02. The first-order valence-corrected chi connectivity index (χ1v) is 11.7. The number of fused-ring (bicyclic) bond motifs is 1. The van der Waals surface area contributed by atoms with Crippen LogP contribution in [0.25, 0.3) is 17.0 Å². The molecule has 1 aromatic heterocycles. The van der Waals surface area contributed by atoms with Crippen molar-refractivity contribution in [2.75, 3.05) is 13.2 Å². The Morgan fingerprint density at radius 3 is 2.73 bits per heavy atom. The number of aliphatic imine (C=N–C) groups is 1. The first-order chi connectivity index (χ1) is 16.1. The van der Waals surface area contributed by atoms with Crippen LogP contribution in [0.2, 0.25) is 0 Å². The normalized spacial score (nSPS) is 21.0. The van der Waals surface area contributed by atoms with Crippen LogP contribution in [0.3, 0.4) is 0 Å². The number of carbonyl (C=O) groups excluding carboxylic acids is 1. The maximum absolute atomic E-state index is 13.4. The van der Waals surface area contributed by atoms with Gasteiger partial charge in [0.25, 0.3) is 5.91 Å². The molecule has 2 saturated heterocycles. The molecule has 2 aliphatic heterocycles. The minimum atomic E-state index is -0.915. The number of thioether (sulfide) groups is 1. The molecule has 3 aromatic rings. The van der Waals surface area contributed by atoms with Crippen LogP contribution in [0.15, 0.2) is 70.7 Å². The van der Waals surface area contributed by atoms with Gasteiger partial charge in [-0.1, -0.05) is 36.4 Å². The predicted octanol–water partition coefficient (Wildman–Crippen LogP) is 4.51. The average Bonchev–Trinajstić information content (AvgIpc) is 3.51. The maximum atomic E-state index is 13.4. The third kappa shape index (κ3) is 4.58. The van der Waals surface area contributed by atoms with E-state index in [2.05, 4.69) is 0 Å². The molecule has 1 unspecified atom stereocenters. The number of hydrogen-bond donors (Lipinski definition) is 1. The summed E-state index contributed by atoms with van der Waals surface area (Å²) in [6.45, 7) is 1.04. The largest absolute Gasteiger partial charge is 0.480 e. The molecule has 8 heteroatoms. The predicted molar refractivity (Wildman–Crippen MR) is 129 cm³/mol. The maximum Gasteiger partial charge on any atom is 0.323 e. The second kappa shape index (κ2) is 9.25. The Bertz CT molecular complexity index is 1260. The molecule has 7 nitrogen and oxygen atoms in total. The zero-order valence-corrected chi connectivity index (χ0v) is 18.7.